The van der Waals surface area contributed by atoms with Crippen LogP contribution in [0.15, 0.2) is 18.2 Å². The SMILES string of the molecule is CCC(CC)CC(=O)c1cccc(N)c1C. The Balaban J connectivity index is 2.84. The first-order chi connectivity index (χ1) is 7.60. The maximum atomic E-state index is 12.1. The summed E-state index contributed by atoms with van der Waals surface area (Å²) in [5.41, 5.74) is 8.21. The molecule has 0 atom stereocenters. The summed E-state index contributed by atoms with van der Waals surface area (Å²) < 4.78 is 0. The van der Waals surface area contributed by atoms with Gasteiger partial charge in [-0.05, 0) is 24.5 Å². The molecule has 16 heavy (non-hydrogen) atoms. The van der Waals surface area contributed by atoms with Crippen molar-refractivity contribution < 1.29 is 4.79 Å². The maximum Gasteiger partial charge on any atom is 0.163 e. The summed E-state index contributed by atoms with van der Waals surface area (Å²) in [5, 5.41) is 0. The topological polar surface area (TPSA) is 43.1 Å². The monoisotopic (exact) mass is 219 g/mol. The van der Waals surface area contributed by atoms with E-state index in [9.17, 15) is 4.79 Å². The lowest BCUT2D eigenvalue weighted by Gasteiger charge is -2.13. The van der Waals surface area contributed by atoms with Gasteiger partial charge < -0.3 is 5.73 Å². The van der Waals surface area contributed by atoms with Crippen LogP contribution < -0.4 is 5.73 Å². The smallest absolute Gasteiger partial charge is 0.163 e. The summed E-state index contributed by atoms with van der Waals surface area (Å²) in [7, 11) is 0. The van der Waals surface area contributed by atoms with E-state index in [0.717, 1.165) is 24.0 Å². The van der Waals surface area contributed by atoms with Crippen molar-refractivity contribution in [3.05, 3.63) is 29.3 Å². The Morgan fingerprint density at radius 3 is 2.50 bits per heavy atom. The Morgan fingerprint density at radius 1 is 1.31 bits per heavy atom. The van der Waals surface area contributed by atoms with Crippen molar-refractivity contribution >= 4 is 11.5 Å². The fourth-order valence-corrected chi connectivity index (χ4v) is 1.91. The molecule has 0 aliphatic rings. The van der Waals surface area contributed by atoms with Crippen molar-refractivity contribution in [3.8, 4) is 0 Å². The van der Waals surface area contributed by atoms with Crippen molar-refractivity contribution in [1.82, 2.24) is 0 Å². The summed E-state index contributed by atoms with van der Waals surface area (Å²) in [6.45, 7) is 6.18. The van der Waals surface area contributed by atoms with Crippen molar-refractivity contribution in [2.45, 2.75) is 40.0 Å². The van der Waals surface area contributed by atoms with E-state index in [1.165, 1.54) is 0 Å². The molecule has 1 rings (SSSR count). The van der Waals surface area contributed by atoms with Crippen LogP contribution in [0.4, 0.5) is 5.69 Å². The second-order valence-corrected chi connectivity index (χ2v) is 4.33. The number of carbonyl (C=O) groups excluding carboxylic acids is 1. The molecule has 2 N–H and O–H groups in total. The maximum absolute atomic E-state index is 12.1. The molecular weight excluding hydrogens is 198 g/mol. The Morgan fingerprint density at radius 2 is 1.94 bits per heavy atom. The standard InChI is InChI=1S/C14H21NO/c1-4-11(5-2)9-14(16)12-7-6-8-13(15)10(12)3/h6-8,11H,4-5,9,15H2,1-3H3. The predicted octanol–water partition coefficient (Wildman–Crippen LogP) is 3.59. The number of Topliss-reactive ketones (excluding diaryl/α,β-unsaturated/α-hetero) is 1. The van der Waals surface area contributed by atoms with E-state index >= 15 is 0 Å². The largest absolute Gasteiger partial charge is 0.398 e. The van der Waals surface area contributed by atoms with Crippen molar-refractivity contribution in [1.29, 1.82) is 0 Å². The molecule has 0 heterocycles. The third-order valence-electron chi connectivity index (χ3n) is 3.30. The average Bonchev–Trinajstić information content (AvgIpc) is 2.29. The number of ketones is 1. The van der Waals surface area contributed by atoms with Crippen LogP contribution in [0.1, 0.15) is 49.0 Å². The number of anilines is 1. The molecule has 0 saturated heterocycles. The highest BCUT2D eigenvalue weighted by atomic mass is 16.1. The highest BCUT2D eigenvalue weighted by molar-refractivity contribution is 5.98. The first-order valence-corrected chi connectivity index (χ1v) is 5.98. The van der Waals surface area contributed by atoms with Crippen LogP contribution in [0, 0.1) is 12.8 Å². The molecule has 0 saturated carbocycles. The van der Waals surface area contributed by atoms with E-state index in [4.69, 9.17) is 5.73 Å². The fourth-order valence-electron chi connectivity index (χ4n) is 1.91. The molecule has 2 heteroatoms. The minimum atomic E-state index is 0.221. The van der Waals surface area contributed by atoms with Crippen LogP contribution in [0.25, 0.3) is 0 Å². The number of rotatable bonds is 5. The van der Waals surface area contributed by atoms with E-state index in [-0.39, 0.29) is 5.78 Å². The third-order valence-corrected chi connectivity index (χ3v) is 3.30. The lowest BCUT2D eigenvalue weighted by Crippen LogP contribution is -2.09. The summed E-state index contributed by atoms with van der Waals surface area (Å²) in [4.78, 5) is 12.1. The van der Waals surface area contributed by atoms with Crippen LogP contribution >= 0.6 is 0 Å². The molecule has 0 radical (unpaired) electrons. The zero-order valence-corrected chi connectivity index (χ0v) is 10.4. The second kappa shape index (κ2) is 5.69. The molecule has 0 aliphatic heterocycles. The van der Waals surface area contributed by atoms with Crippen LogP contribution in [-0.4, -0.2) is 5.78 Å². The highest BCUT2D eigenvalue weighted by Crippen LogP contribution is 2.21. The van der Waals surface area contributed by atoms with Gasteiger partial charge in [0.15, 0.2) is 5.78 Å². The number of carbonyl (C=O) groups is 1. The van der Waals surface area contributed by atoms with E-state index in [1.807, 2.05) is 25.1 Å². The molecule has 0 aromatic heterocycles. The van der Waals surface area contributed by atoms with Gasteiger partial charge in [0, 0.05) is 17.7 Å². The van der Waals surface area contributed by atoms with Gasteiger partial charge in [-0.15, -0.1) is 0 Å². The molecule has 0 amide bonds. The van der Waals surface area contributed by atoms with Crippen LogP contribution in [0.2, 0.25) is 0 Å². The van der Waals surface area contributed by atoms with Gasteiger partial charge in [-0.25, -0.2) is 0 Å². The summed E-state index contributed by atoms with van der Waals surface area (Å²) >= 11 is 0. The zero-order valence-electron chi connectivity index (χ0n) is 10.4. The van der Waals surface area contributed by atoms with Gasteiger partial charge in [0.2, 0.25) is 0 Å². The number of hydrogen-bond donors (Lipinski definition) is 1. The van der Waals surface area contributed by atoms with Crippen molar-refractivity contribution in [2.75, 3.05) is 5.73 Å². The average molecular weight is 219 g/mol. The molecule has 0 bridgehead atoms. The number of hydrogen-bond acceptors (Lipinski definition) is 2. The zero-order chi connectivity index (χ0) is 12.1. The number of nitrogens with two attached hydrogens (primary N) is 1. The van der Waals surface area contributed by atoms with E-state index in [1.54, 1.807) is 0 Å². The molecule has 88 valence electrons. The predicted molar refractivity (Wildman–Crippen MR) is 68.6 cm³/mol. The molecule has 2 nitrogen and oxygen atoms in total. The van der Waals surface area contributed by atoms with Gasteiger partial charge in [0.05, 0.1) is 0 Å². The van der Waals surface area contributed by atoms with Crippen LogP contribution in [-0.2, 0) is 0 Å². The van der Waals surface area contributed by atoms with Gasteiger partial charge in [-0.3, -0.25) is 4.79 Å². The molecule has 0 unspecified atom stereocenters. The third kappa shape index (κ3) is 2.84. The van der Waals surface area contributed by atoms with Gasteiger partial charge >= 0.3 is 0 Å². The first kappa shape index (κ1) is 12.8. The van der Waals surface area contributed by atoms with E-state index in [0.29, 0.717) is 18.0 Å². The Bertz CT molecular complexity index is 367. The van der Waals surface area contributed by atoms with Gasteiger partial charge in [0.1, 0.15) is 0 Å². The molecular formula is C14H21NO. The van der Waals surface area contributed by atoms with Gasteiger partial charge in [0.25, 0.3) is 0 Å². The Hall–Kier alpha value is -1.31. The second-order valence-electron chi connectivity index (χ2n) is 4.33. The first-order valence-electron chi connectivity index (χ1n) is 5.98. The normalized spacial score (nSPS) is 10.8. The number of benzene rings is 1. The molecule has 0 aliphatic carbocycles. The van der Waals surface area contributed by atoms with Crippen molar-refractivity contribution in [3.63, 3.8) is 0 Å². The van der Waals surface area contributed by atoms with E-state index in [2.05, 4.69) is 13.8 Å². The quantitative estimate of drug-likeness (QED) is 0.607. The summed E-state index contributed by atoms with van der Waals surface area (Å²) in [5.74, 6) is 0.715. The lowest BCUT2D eigenvalue weighted by atomic mass is 9.92. The fraction of sp³-hybridized carbons (Fsp3) is 0.500. The molecule has 1 aromatic rings. The Labute approximate surface area is 97.9 Å². The van der Waals surface area contributed by atoms with Gasteiger partial charge in [-0.1, -0.05) is 38.8 Å². The van der Waals surface area contributed by atoms with E-state index < -0.39 is 0 Å². The summed E-state index contributed by atoms with van der Waals surface area (Å²) in [6, 6.07) is 5.56. The van der Waals surface area contributed by atoms with Crippen LogP contribution in [0.5, 0.6) is 0 Å². The minimum Gasteiger partial charge on any atom is -0.398 e. The lowest BCUT2D eigenvalue weighted by molar-refractivity contribution is 0.0958. The number of nitrogen functional groups attached to an aromatic ring is 1. The van der Waals surface area contributed by atoms with Crippen molar-refractivity contribution in [2.24, 2.45) is 5.92 Å². The molecule has 0 spiro atoms. The molecule has 1 aromatic carbocycles. The van der Waals surface area contributed by atoms with Crippen LogP contribution in [0.3, 0.4) is 0 Å². The minimum absolute atomic E-state index is 0.221. The highest BCUT2D eigenvalue weighted by Gasteiger charge is 2.14. The summed E-state index contributed by atoms with van der Waals surface area (Å²) in [6.07, 6.45) is 2.75. The Kier molecular flexibility index (Phi) is 4.53. The molecule has 0 fully saturated rings. The van der Waals surface area contributed by atoms with Gasteiger partial charge in [-0.2, -0.15) is 0 Å².